The number of carbonyl (C=O) groups is 1. The standard InChI is InChI=1S/C16H18N2O2/c1-20-12-9-15(18-10-12)16(19)8-11-6-7-17-14-5-3-2-4-13(11)14/h2-7,12,15,18H,8-10H2,1H3. The van der Waals surface area contributed by atoms with Gasteiger partial charge < -0.3 is 10.1 Å². The highest BCUT2D eigenvalue weighted by molar-refractivity contribution is 5.91. The number of para-hydroxylation sites is 1. The minimum absolute atomic E-state index is 0.0909. The maximum Gasteiger partial charge on any atom is 0.154 e. The molecule has 1 aliphatic heterocycles. The first-order chi connectivity index (χ1) is 9.78. The number of benzene rings is 1. The van der Waals surface area contributed by atoms with Crippen molar-refractivity contribution < 1.29 is 9.53 Å². The predicted octanol–water partition coefficient (Wildman–Crippen LogP) is 1.72. The number of ether oxygens (including phenoxy) is 1. The Labute approximate surface area is 118 Å². The van der Waals surface area contributed by atoms with Gasteiger partial charge in [-0.05, 0) is 24.1 Å². The molecule has 0 amide bonds. The van der Waals surface area contributed by atoms with Crippen LogP contribution in [0.4, 0.5) is 0 Å². The van der Waals surface area contributed by atoms with Crippen molar-refractivity contribution in [1.82, 2.24) is 10.3 Å². The van der Waals surface area contributed by atoms with E-state index in [0.29, 0.717) is 6.42 Å². The van der Waals surface area contributed by atoms with Crippen LogP contribution >= 0.6 is 0 Å². The molecular formula is C16H18N2O2. The zero-order valence-corrected chi connectivity index (χ0v) is 11.5. The molecule has 0 spiro atoms. The van der Waals surface area contributed by atoms with Gasteiger partial charge in [-0.15, -0.1) is 0 Å². The smallest absolute Gasteiger partial charge is 0.154 e. The number of methoxy groups -OCH3 is 1. The van der Waals surface area contributed by atoms with Crippen LogP contribution in [0.5, 0.6) is 0 Å². The van der Waals surface area contributed by atoms with Gasteiger partial charge in [-0.2, -0.15) is 0 Å². The topological polar surface area (TPSA) is 51.2 Å². The molecular weight excluding hydrogens is 252 g/mol. The Morgan fingerprint density at radius 1 is 1.40 bits per heavy atom. The highest BCUT2D eigenvalue weighted by Gasteiger charge is 2.29. The second kappa shape index (κ2) is 5.69. The summed E-state index contributed by atoms with van der Waals surface area (Å²) in [5.41, 5.74) is 1.98. The molecule has 1 aromatic heterocycles. The van der Waals surface area contributed by atoms with Gasteiger partial charge in [0.15, 0.2) is 5.78 Å². The van der Waals surface area contributed by atoms with E-state index >= 15 is 0 Å². The molecule has 3 rings (SSSR count). The Balaban J connectivity index is 1.78. The number of nitrogens with zero attached hydrogens (tertiary/aromatic N) is 1. The monoisotopic (exact) mass is 270 g/mol. The molecule has 4 heteroatoms. The molecule has 0 radical (unpaired) electrons. The molecule has 1 fully saturated rings. The molecule has 4 nitrogen and oxygen atoms in total. The summed E-state index contributed by atoms with van der Waals surface area (Å²) in [6.45, 7) is 0.754. The highest BCUT2D eigenvalue weighted by atomic mass is 16.5. The summed E-state index contributed by atoms with van der Waals surface area (Å²) in [7, 11) is 1.69. The average molecular weight is 270 g/mol. The lowest BCUT2D eigenvalue weighted by Gasteiger charge is -2.10. The third-order valence-corrected chi connectivity index (χ3v) is 3.92. The molecule has 2 unspecified atom stereocenters. The second-order valence-electron chi connectivity index (χ2n) is 5.18. The third kappa shape index (κ3) is 2.57. The zero-order valence-electron chi connectivity index (χ0n) is 11.5. The van der Waals surface area contributed by atoms with Crippen molar-refractivity contribution in [3.8, 4) is 0 Å². The van der Waals surface area contributed by atoms with Gasteiger partial charge in [0.25, 0.3) is 0 Å². The Kier molecular flexibility index (Phi) is 3.76. The van der Waals surface area contributed by atoms with Crippen molar-refractivity contribution in [3.05, 3.63) is 42.1 Å². The molecule has 1 aliphatic rings. The van der Waals surface area contributed by atoms with E-state index < -0.39 is 0 Å². The molecule has 1 N–H and O–H groups in total. The number of hydrogen-bond donors (Lipinski definition) is 1. The van der Waals surface area contributed by atoms with Crippen molar-refractivity contribution in [2.45, 2.75) is 25.0 Å². The predicted molar refractivity (Wildman–Crippen MR) is 77.7 cm³/mol. The maximum absolute atomic E-state index is 12.4. The van der Waals surface area contributed by atoms with Crippen LogP contribution in [0.25, 0.3) is 10.9 Å². The number of aromatic nitrogens is 1. The molecule has 2 aromatic rings. The van der Waals surface area contributed by atoms with Crippen LogP contribution < -0.4 is 5.32 Å². The summed E-state index contributed by atoms with van der Waals surface area (Å²) in [5.74, 6) is 0.223. The number of fused-ring (bicyclic) bond motifs is 1. The first kappa shape index (κ1) is 13.2. The normalized spacial score (nSPS) is 22.2. The van der Waals surface area contributed by atoms with Crippen LogP contribution in [0.2, 0.25) is 0 Å². The van der Waals surface area contributed by atoms with Gasteiger partial charge in [-0.25, -0.2) is 0 Å². The Morgan fingerprint density at radius 2 is 2.25 bits per heavy atom. The number of rotatable bonds is 4. The van der Waals surface area contributed by atoms with E-state index in [1.807, 2.05) is 30.3 Å². The number of hydrogen-bond acceptors (Lipinski definition) is 4. The van der Waals surface area contributed by atoms with Gasteiger partial charge in [-0.1, -0.05) is 18.2 Å². The molecule has 0 saturated carbocycles. The van der Waals surface area contributed by atoms with E-state index in [2.05, 4.69) is 10.3 Å². The molecule has 1 aromatic carbocycles. The first-order valence-electron chi connectivity index (χ1n) is 6.89. The second-order valence-corrected chi connectivity index (χ2v) is 5.18. The van der Waals surface area contributed by atoms with Crippen LogP contribution in [0.3, 0.4) is 0 Å². The lowest BCUT2D eigenvalue weighted by Crippen LogP contribution is -2.31. The Morgan fingerprint density at radius 3 is 3.05 bits per heavy atom. The van der Waals surface area contributed by atoms with Crippen molar-refractivity contribution >= 4 is 16.7 Å². The molecule has 1 saturated heterocycles. The Bertz CT molecular complexity index is 621. The lowest BCUT2D eigenvalue weighted by molar-refractivity contribution is -0.120. The fourth-order valence-electron chi connectivity index (χ4n) is 2.75. The number of Topliss-reactive ketones (excluding diaryl/α,β-unsaturated/α-hetero) is 1. The van der Waals surface area contributed by atoms with Crippen molar-refractivity contribution in [2.75, 3.05) is 13.7 Å². The van der Waals surface area contributed by atoms with E-state index in [9.17, 15) is 4.79 Å². The zero-order chi connectivity index (χ0) is 13.9. The van der Waals surface area contributed by atoms with E-state index in [0.717, 1.165) is 29.4 Å². The van der Waals surface area contributed by atoms with Crippen LogP contribution in [-0.4, -0.2) is 36.6 Å². The number of pyridine rings is 1. The fraction of sp³-hybridized carbons (Fsp3) is 0.375. The summed E-state index contributed by atoms with van der Waals surface area (Å²) < 4.78 is 5.29. The van der Waals surface area contributed by atoms with Gasteiger partial charge in [0.05, 0.1) is 17.7 Å². The van der Waals surface area contributed by atoms with Gasteiger partial charge in [0.2, 0.25) is 0 Å². The first-order valence-corrected chi connectivity index (χ1v) is 6.89. The fourth-order valence-corrected chi connectivity index (χ4v) is 2.75. The molecule has 2 heterocycles. The van der Waals surface area contributed by atoms with Gasteiger partial charge >= 0.3 is 0 Å². The summed E-state index contributed by atoms with van der Waals surface area (Å²) in [5, 5.41) is 4.30. The minimum atomic E-state index is -0.0909. The Hall–Kier alpha value is -1.78. The van der Waals surface area contributed by atoms with Crippen LogP contribution in [0.15, 0.2) is 36.5 Å². The summed E-state index contributed by atoms with van der Waals surface area (Å²) in [6, 6.07) is 9.77. The SMILES string of the molecule is COC1CNC(C(=O)Cc2ccnc3ccccc23)C1. The van der Waals surface area contributed by atoms with Gasteiger partial charge in [-0.3, -0.25) is 9.78 Å². The third-order valence-electron chi connectivity index (χ3n) is 3.92. The summed E-state index contributed by atoms with van der Waals surface area (Å²) >= 11 is 0. The highest BCUT2D eigenvalue weighted by Crippen LogP contribution is 2.19. The molecule has 104 valence electrons. The van der Waals surface area contributed by atoms with Crippen LogP contribution in [0.1, 0.15) is 12.0 Å². The number of ketones is 1. The molecule has 0 aliphatic carbocycles. The van der Waals surface area contributed by atoms with Gasteiger partial charge in [0, 0.05) is 31.7 Å². The summed E-state index contributed by atoms with van der Waals surface area (Å²) in [4.78, 5) is 16.7. The minimum Gasteiger partial charge on any atom is -0.380 e. The van der Waals surface area contributed by atoms with E-state index in [4.69, 9.17) is 4.74 Å². The van der Waals surface area contributed by atoms with E-state index in [1.54, 1.807) is 13.3 Å². The maximum atomic E-state index is 12.4. The number of nitrogens with one attached hydrogen (secondary N) is 1. The molecule has 2 atom stereocenters. The summed E-state index contributed by atoms with van der Waals surface area (Å²) in [6.07, 6.45) is 3.12. The van der Waals surface area contributed by atoms with Crippen LogP contribution in [-0.2, 0) is 16.0 Å². The largest absolute Gasteiger partial charge is 0.380 e. The molecule has 20 heavy (non-hydrogen) atoms. The van der Waals surface area contributed by atoms with E-state index in [1.165, 1.54) is 0 Å². The van der Waals surface area contributed by atoms with Crippen molar-refractivity contribution in [2.24, 2.45) is 0 Å². The van der Waals surface area contributed by atoms with Gasteiger partial charge in [0.1, 0.15) is 0 Å². The number of carbonyl (C=O) groups excluding carboxylic acids is 1. The lowest BCUT2D eigenvalue weighted by atomic mass is 9.99. The molecule has 0 bridgehead atoms. The van der Waals surface area contributed by atoms with Crippen molar-refractivity contribution in [1.29, 1.82) is 0 Å². The quantitative estimate of drug-likeness (QED) is 0.919. The van der Waals surface area contributed by atoms with E-state index in [-0.39, 0.29) is 17.9 Å². The van der Waals surface area contributed by atoms with Crippen molar-refractivity contribution in [3.63, 3.8) is 0 Å². The average Bonchev–Trinajstić information content (AvgIpc) is 2.97. The van der Waals surface area contributed by atoms with Crippen LogP contribution in [0, 0.1) is 0 Å².